The van der Waals surface area contributed by atoms with Gasteiger partial charge in [0, 0.05) is 17.7 Å². The van der Waals surface area contributed by atoms with Gasteiger partial charge in [0.25, 0.3) is 0 Å². The average Bonchev–Trinajstić information content (AvgIpc) is 2.37. The molecular formula is C15H22N2O2. The van der Waals surface area contributed by atoms with Crippen molar-refractivity contribution in [3.8, 4) is 0 Å². The van der Waals surface area contributed by atoms with Gasteiger partial charge in [-0.05, 0) is 56.5 Å². The number of Topliss-reactive ketones (excluding diaryl/α,β-unsaturated/α-hetero) is 1. The molecule has 4 nitrogen and oxygen atoms in total. The standard InChI is InChI=1S/C15H22N2O2/c1-11(9-10-16)3-8-15(19)17-14-6-4-13(5-7-14)12(2)18/h4-7,11H,3,8-10,16H2,1-2H3,(H,17,19). The van der Waals surface area contributed by atoms with Crippen LogP contribution in [0.15, 0.2) is 24.3 Å². The molecule has 0 saturated carbocycles. The van der Waals surface area contributed by atoms with E-state index in [-0.39, 0.29) is 11.7 Å². The van der Waals surface area contributed by atoms with Crippen molar-refractivity contribution in [2.75, 3.05) is 11.9 Å². The van der Waals surface area contributed by atoms with Crippen LogP contribution in [0.1, 0.15) is 43.5 Å². The molecule has 0 aromatic heterocycles. The minimum atomic E-state index is -0.000513. The van der Waals surface area contributed by atoms with Gasteiger partial charge in [0.05, 0.1) is 0 Å². The predicted octanol–water partition coefficient (Wildman–Crippen LogP) is 2.59. The van der Waals surface area contributed by atoms with Crippen LogP contribution in [0.4, 0.5) is 5.69 Å². The number of nitrogens with two attached hydrogens (primary N) is 1. The fourth-order valence-corrected chi connectivity index (χ4v) is 1.82. The molecule has 1 atom stereocenters. The molecule has 0 heterocycles. The minimum Gasteiger partial charge on any atom is -0.330 e. The minimum absolute atomic E-state index is 0.000513. The van der Waals surface area contributed by atoms with E-state index in [9.17, 15) is 9.59 Å². The molecule has 0 aliphatic carbocycles. The third-order valence-corrected chi connectivity index (χ3v) is 3.10. The van der Waals surface area contributed by atoms with Crippen molar-refractivity contribution in [1.82, 2.24) is 0 Å². The third kappa shape index (κ3) is 5.66. The largest absolute Gasteiger partial charge is 0.330 e. The van der Waals surface area contributed by atoms with E-state index in [2.05, 4.69) is 12.2 Å². The van der Waals surface area contributed by atoms with Gasteiger partial charge in [0.1, 0.15) is 0 Å². The fourth-order valence-electron chi connectivity index (χ4n) is 1.82. The first-order chi connectivity index (χ1) is 9.02. The van der Waals surface area contributed by atoms with Crippen LogP contribution in [0.25, 0.3) is 0 Å². The Morgan fingerprint density at radius 2 is 1.84 bits per heavy atom. The lowest BCUT2D eigenvalue weighted by Crippen LogP contribution is -2.14. The number of anilines is 1. The van der Waals surface area contributed by atoms with Crippen LogP contribution >= 0.6 is 0 Å². The van der Waals surface area contributed by atoms with E-state index in [0.717, 1.165) is 18.5 Å². The number of ketones is 1. The van der Waals surface area contributed by atoms with Crippen molar-refractivity contribution in [2.45, 2.75) is 33.1 Å². The normalized spacial score (nSPS) is 11.9. The van der Waals surface area contributed by atoms with E-state index in [1.807, 2.05) is 0 Å². The summed E-state index contributed by atoms with van der Waals surface area (Å²) >= 11 is 0. The van der Waals surface area contributed by atoms with E-state index < -0.39 is 0 Å². The van der Waals surface area contributed by atoms with Gasteiger partial charge < -0.3 is 11.1 Å². The quantitative estimate of drug-likeness (QED) is 0.742. The topological polar surface area (TPSA) is 72.2 Å². The van der Waals surface area contributed by atoms with E-state index in [1.165, 1.54) is 6.92 Å². The van der Waals surface area contributed by atoms with Crippen molar-refractivity contribution >= 4 is 17.4 Å². The Balaban J connectivity index is 2.42. The van der Waals surface area contributed by atoms with Gasteiger partial charge in [-0.1, -0.05) is 6.92 Å². The number of rotatable bonds is 7. The Kier molecular flexibility index (Phi) is 6.22. The highest BCUT2D eigenvalue weighted by atomic mass is 16.1. The van der Waals surface area contributed by atoms with Crippen LogP contribution in [-0.2, 0) is 4.79 Å². The molecule has 1 amide bonds. The van der Waals surface area contributed by atoms with Crippen LogP contribution in [0.5, 0.6) is 0 Å². The lowest BCUT2D eigenvalue weighted by molar-refractivity contribution is -0.116. The van der Waals surface area contributed by atoms with Crippen LogP contribution in [0.3, 0.4) is 0 Å². The van der Waals surface area contributed by atoms with Gasteiger partial charge in [-0.25, -0.2) is 0 Å². The number of hydrogen-bond acceptors (Lipinski definition) is 3. The highest BCUT2D eigenvalue weighted by Crippen LogP contribution is 2.13. The second-order valence-corrected chi connectivity index (χ2v) is 4.90. The highest BCUT2D eigenvalue weighted by Gasteiger charge is 2.07. The molecule has 1 rings (SSSR count). The summed E-state index contributed by atoms with van der Waals surface area (Å²) in [6.45, 7) is 4.28. The lowest BCUT2D eigenvalue weighted by Gasteiger charge is -2.10. The number of benzene rings is 1. The first kappa shape index (κ1) is 15.4. The first-order valence-corrected chi connectivity index (χ1v) is 6.64. The Hall–Kier alpha value is -1.68. The predicted molar refractivity (Wildman–Crippen MR) is 77.1 cm³/mol. The van der Waals surface area contributed by atoms with Crippen LogP contribution < -0.4 is 11.1 Å². The zero-order valence-corrected chi connectivity index (χ0v) is 11.6. The van der Waals surface area contributed by atoms with Crippen molar-refractivity contribution in [3.63, 3.8) is 0 Å². The van der Waals surface area contributed by atoms with E-state index >= 15 is 0 Å². The summed E-state index contributed by atoms with van der Waals surface area (Å²) in [6, 6.07) is 6.93. The van der Waals surface area contributed by atoms with Gasteiger partial charge in [-0.15, -0.1) is 0 Å². The molecule has 0 fully saturated rings. The first-order valence-electron chi connectivity index (χ1n) is 6.64. The SMILES string of the molecule is CC(=O)c1ccc(NC(=O)CCC(C)CCN)cc1. The number of nitrogens with one attached hydrogen (secondary N) is 1. The monoisotopic (exact) mass is 262 g/mol. The van der Waals surface area contributed by atoms with Crippen LogP contribution in [-0.4, -0.2) is 18.2 Å². The molecule has 1 aromatic carbocycles. The summed E-state index contributed by atoms with van der Waals surface area (Å²) < 4.78 is 0. The van der Waals surface area contributed by atoms with E-state index in [4.69, 9.17) is 5.73 Å². The smallest absolute Gasteiger partial charge is 0.224 e. The number of carbonyl (C=O) groups excluding carboxylic acids is 2. The molecule has 0 bridgehead atoms. The van der Waals surface area contributed by atoms with Gasteiger partial charge in [-0.3, -0.25) is 9.59 Å². The molecule has 19 heavy (non-hydrogen) atoms. The van der Waals surface area contributed by atoms with E-state index in [1.54, 1.807) is 24.3 Å². The molecule has 0 saturated heterocycles. The highest BCUT2D eigenvalue weighted by molar-refractivity contribution is 5.95. The van der Waals surface area contributed by atoms with Crippen LogP contribution in [0.2, 0.25) is 0 Å². The van der Waals surface area contributed by atoms with Gasteiger partial charge >= 0.3 is 0 Å². The van der Waals surface area contributed by atoms with Gasteiger partial charge in [0.2, 0.25) is 5.91 Å². The van der Waals surface area contributed by atoms with E-state index in [0.29, 0.717) is 24.4 Å². The second kappa shape index (κ2) is 7.69. The van der Waals surface area contributed by atoms with Crippen molar-refractivity contribution in [2.24, 2.45) is 11.7 Å². The maximum atomic E-state index is 11.7. The summed E-state index contributed by atoms with van der Waals surface area (Å²) in [4.78, 5) is 22.9. The molecular weight excluding hydrogens is 240 g/mol. The van der Waals surface area contributed by atoms with Gasteiger partial charge in [0.15, 0.2) is 5.78 Å². The second-order valence-electron chi connectivity index (χ2n) is 4.90. The van der Waals surface area contributed by atoms with Crippen LogP contribution in [0, 0.1) is 5.92 Å². The average molecular weight is 262 g/mol. The molecule has 1 unspecified atom stereocenters. The third-order valence-electron chi connectivity index (χ3n) is 3.10. The number of carbonyl (C=O) groups is 2. The Morgan fingerprint density at radius 3 is 2.37 bits per heavy atom. The summed E-state index contributed by atoms with van der Waals surface area (Å²) in [5.41, 5.74) is 6.84. The molecule has 0 radical (unpaired) electrons. The number of hydrogen-bond donors (Lipinski definition) is 2. The summed E-state index contributed by atoms with van der Waals surface area (Å²) in [6.07, 6.45) is 2.28. The molecule has 104 valence electrons. The zero-order chi connectivity index (χ0) is 14.3. The Labute approximate surface area is 114 Å². The lowest BCUT2D eigenvalue weighted by atomic mass is 10.0. The molecule has 1 aromatic rings. The Bertz CT molecular complexity index is 426. The molecule has 0 aliphatic rings. The van der Waals surface area contributed by atoms with Crippen molar-refractivity contribution in [3.05, 3.63) is 29.8 Å². The Morgan fingerprint density at radius 1 is 1.21 bits per heavy atom. The molecule has 0 aliphatic heterocycles. The molecule has 4 heteroatoms. The summed E-state index contributed by atoms with van der Waals surface area (Å²) in [5.74, 6) is 0.490. The summed E-state index contributed by atoms with van der Waals surface area (Å²) in [5, 5.41) is 2.82. The van der Waals surface area contributed by atoms with Crippen molar-refractivity contribution < 1.29 is 9.59 Å². The molecule has 3 N–H and O–H groups in total. The van der Waals surface area contributed by atoms with Crippen molar-refractivity contribution in [1.29, 1.82) is 0 Å². The van der Waals surface area contributed by atoms with Gasteiger partial charge in [-0.2, -0.15) is 0 Å². The zero-order valence-electron chi connectivity index (χ0n) is 11.6. The summed E-state index contributed by atoms with van der Waals surface area (Å²) in [7, 11) is 0. The fraction of sp³-hybridized carbons (Fsp3) is 0.467. The maximum absolute atomic E-state index is 11.7. The maximum Gasteiger partial charge on any atom is 0.224 e. The molecule has 0 spiro atoms. The number of amides is 1.